The van der Waals surface area contributed by atoms with Crippen LogP contribution in [0.1, 0.15) is 82.2 Å². The molecule has 5 rings (SSSR count). The summed E-state index contributed by atoms with van der Waals surface area (Å²) in [7, 11) is 0. The Kier molecular flexibility index (Phi) is 9.93. The molecule has 0 aromatic heterocycles. The van der Waals surface area contributed by atoms with Crippen LogP contribution in [0.3, 0.4) is 0 Å². The first-order valence-corrected chi connectivity index (χ1v) is 26.7. The smallest absolute Gasteiger partial charge is 0.147 e. The minimum Gasteiger partial charge on any atom is -0.147 e. The molecule has 4 heteroatoms. The topological polar surface area (TPSA) is 0 Å². The molecule has 0 spiro atoms. The fourth-order valence-electron chi connectivity index (χ4n) is 7.92. The van der Waals surface area contributed by atoms with E-state index < -0.39 is 17.4 Å². The van der Waals surface area contributed by atoms with Crippen molar-refractivity contribution in [2.24, 2.45) is 11.8 Å². The predicted octanol–water partition coefficient (Wildman–Crippen LogP) is 9.15. The van der Waals surface area contributed by atoms with E-state index in [-0.39, 0.29) is 24.8 Å². The number of allylic oxidation sites excluding steroid dienone is 2. The summed E-state index contributed by atoms with van der Waals surface area (Å²) in [5.74, 6) is 1.35. The van der Waals surface area contributed by atoms with Crippen LogP contribution < -0.4 is 3.27 Å². The van der Waals surface area contributed by atoms with Gasteiger partial charge in [0.25, 0.3) is 0 Å². The standard InChI is InChI=1S/2C14H17.C6H5.CH3.2ClH.H2Si.Zr/c2*1-10(2)6-12-4-5-13-7-11(3)8-14(13)9-12;1-2-4-6-5-3-1;;;;;/h2*4-5,7-10H,6H2,1-3H3;1-5H;1H3;2*1H;1H2;. The van der Waals surface area contributed by atoms with E-state index in [4.69, 9.17) is 0 Å². The number of rotatable bonds is 7. The van der Waals surface area contributed by atoms with Gasteiger partial charge in [-0.1, -0.05) is 0 Å². The molecule has 0 saturated carbocycles. The van der Waals surface area contributed by atoms with Crippen LogP contribution >= 0.6 is 24.8 Å². The molecule has 2 unspecified atom stereocenters. The van der Waals surface area contributed by atoms with Gasteiger partial charge in [0.05, 0.1) is 0 Å². The Morgan fingerprint density at radius 3 is 1.46 bits per heavy atom. The van der Waals surface area contributed by atoms with Gasteiger partial charge in [0.15, 0.2) is 0 Å². The third-order valence-electron chi connectivity index (χ3n) is 9.10. The second kappa shape index (κ2) is 12.0. The molecule has 0 bridgehead atoms. The van der Waals surface area contributed by atoms with Crippen LogP contribution in [0.4, 0.5) is 0 Å². The fourth-order valence-corrected chi connectivity index (χ4v) is 33.2. The van der Waals surface area contributed by atoms with Crippen molar-refractivity contribution in [3.63, 3.8) is 0 Å². The summed E-state index contributed by atoms with van der Waals surface area (Å²) in [6, 6.07) is 26.5. The molecular formula is C35H46Cl2SiZr. The second-order valence-corrected chi connectivity index (χ2v) is 39.6. The molecule has 0 fully saturated rings. The normalized spacial score (nSPS) is 18.2. The summed E-state index contributed by atoms with van der Waals surface area (Å²) in [6.07, 6.45) is 7.35. The monoisotopic (exact) mass is 654 g/mol. The maximum Gasteiger partial charge on any atom is -0.147 e. The summed E-state index contributed by atoms with van der Waals surface area (Å²) in [5, 5.41) is 0. The average Bonchev–Trinajstić information content (AvgIpc) is 3.34. The Labute approximate surface area is 252 Å². The van der Waals surface area contributed by atoms with E-state index in [0.29, 0.717) is 19.1 Å². The Balaban J connectivity index is 0.00000210. The van der Waals surface area contributed by atoms with Gasteiger partial charge in [0.2, 0.25) is 0 Å². The van der Waals surface area contributed by atoms with E-state index in [1.165, 1.54) is 22.3 Å². The van der Waals surface area contributed by atoms with Gasteiger partial charge in [-0.2, -0.15) is 0 Å². The van der Waals surface area contributed by atoms with Crippen molar-refractivity contribution in [1.82, 2.24) is 0 Å². The van der Waals surface area contributed by atoms with Crippen LogP contribution in [-0.2, 0) is 30.2 Å². The number of hydrogen-bond donors (Lipinski definition) is 0. The Morgan fingerprint density at radius 2 is 1.08 bits per heavy atom. The van der Waals surface area contributed by atoms with Crippen molar-refractivity contribution < 1.29 is 17.4 Å². The molecule has 2 atom stereocenters. The molecule has 39 heavy (non-hydrogen) atoms. The van der Waals surface area contributed by atoms with E-state index in [1.54, 1.807) is 25.5 Å². The number of halogens is 2. The molecule has 0 amide bonds. The third kappa shape index (κ3) is 5.66. The van der Waals surface area contributed by atoms with E-state index >= 15 is 0 Å². The third-order valence-corrected chi connectivity index (χ3v) is 32.9. The minimum atomic E-state index is -3.86. The molecule has 0 heterocycles. The first-order chi connectivity index (χ1) is 17.5. The Bertz CT molecular complexity index is 1390. The van der Waals surface area contributed by atoms with Crippen molar-refractivity contribution in [3.05, 3.63) is 111 Å². The summed E-state index contributed by atoms with van der Waals surface area (Å²) in [6.45, 7) is 16.6. The van der Waals surface area contributed by atoms with Gasteiger partial charge in [0, 0.05) is 0 Å². The van der Waals surface area contributed by atoms with Gasteiger partial charge in [-0.25, -0.2) is 0 Å². The Hall–Kier alpha value is -1.18. The quantitative estimate of drug-likeness (QED) is 0.223. The van der Waals surface area contributed by atoms with Gasteiger partial charge in [-0.3, -0.25) is 0 Å². The van der Waals surface area contributed by atoms with Gasteiger partial charge < -0.3 is 0 Å². The van der Waals surface area contributed by atoms with Crippen molar-refractivity contribution in [2.75, 3.05) is 0 Å². The van der Waals surface area contributed by atoms with Gasteiger partial charge in [-0.05, 0) is 0 Å². The zero-order chi connectivity index (χ0) is 26.6. The molecular weight excluding hydrogens is 611 g/mol. The van der Waals surface area contributed by atoms with E-state index in [2.05, 4.69) is 132 Å². The van der Waals surface area contributed by atoms with Gasteiger partial charge in [0.1, 0.15) is 0 Å². The van der Waals surface area contributed by atoms with Crippen molar-refractivity contribution in [3.8, 4) is 0 Å². The maximum absolute atomic E-state index is 3.86. The molecule has 3 aromatic rings. The summed E-state index contributed by atoms with van der Waals surface area (Å²) < 4.78 is 5.43. The first-order valence-electron chi connectivity index (χ1n) is 14.2. The molecule has 0 nitrogen and oxygen atoms in total. The van der Waals surface area contributed by atoms with Crippen LogP contribution in [0.5, 0.6) is 0 Å². The molecule has 2 aliphatic carbocycles. The van der Waals surface area contributed by atoms with E-state index in [1.807, 2.05) is 0 Å². The van der Waals surface area contributed by atoms with Crippen LogP contribution in [0.15, 0.2) is 77.9 Å². The van der Waals surface area contributed by atoms with E-state index in [0.717, 1.165) is 12.8 Å². The number of fused-ring (bicyclic) bond motifs is 2. The average molecular weight is 657 g/mol. The van der Waals surface area contributed by atoms with Crippen LogP contribution in [0.25, 0.3) is 12.2 Å². The molecule has 208 valence electrons. The zero-order valence-corrected chi connectivity index (χ0v) is 30.3. The largest absolute Gasteiger partial charge is 0.147 e. The molecule has 0 aliphatic heterocycles. The van der Waals surface area contributed by atoms with Crippen molar-refractivity contribution in [1.29, 1.82) is 0 Å². The molecule has 3 aromatic carbocycles. The molecule has 0 radical (unpaired) electrons. The second-order valence-electron chi connectivity index (χ2n) is 13.4. The van der Waals surface area contributed by atoms with Crippen molar-refractivity contribution in [2.45, 2.75) is 66.3 Å². The SMILES string of the molecule is CC1=Cc2cc(CC(C)C)ccc2[CH]1[Zr]([CH3])(=[SiH2])([c]1ccccc1)[CH]1C(C)=Cc2cc(CC(C)C)ccc21.Cl.Cl. The Morgan fingerprint density at radius 1 is 0.667 bits per heavy atom. The van der Waals surface area contributed by atoms with Crippen molar-refractivity contribution >= 4 is 47.1 Å². The minimum absolute atomic E-state index is 0. The van der Waals surface area contributed by atoms with Crippen LogP contribution in [0, 0.1) is 11.8 Å². The number of hydrogen-bond acceptors (Lipinski definition) is 0. The summed E-state index contributed by atoms with van der Waals surface area (Å²) in [4.78, 5) is 0. The maximum atomic E-state index is 2.77. The summed E-state index contributed by atoms with van der Waals surface area (Å²) in [5.41, 5.74) is 12.2. The first kappa shape index (κ1) is 32.3. The predicted molar refractivity (Wildman–Crippen MR) is 178 cm³/mol. The molecule has 0 N–H and O–H groups in total. The summed E-state index contributed by atoms with van der Waals surface area (Å²) >= 11 is -3.86. The van der Waals surface area contributed by atoms with Crippen LogP contribution in [-0.4, -0.2) is 6.88 Å². The molecule has 0 saturated heterocycles. The fraction of sp³-hybridized carbons (Fsp3) is 0.371. The molecule has 2 aliphatic rings. The van der Waals surface area contributed by atoms with Gasteiger partial charge >= 0.3 is 229 Å². The van der Waals surface area contributed by atoms with Gasteiger partial charge in [-0.15, -0.1) is 24.8 Å². The zero-order valence-electron chi connectivity index (χ0n) is 24.8. The van der Waals surface area contributed by atoms with Crippen LogP contribution in [0.2, 0.25) is 4.63 Å². The number of benzene rings is 3. The van der Waals surface area contributed by atoms with E-state index in [9.17, 15) is 0 Å².